The number of carbonyl (C=O) groups excluding carboxylic acids is 2. The lowest BCUT2D eigenvalue weighted by molar-refractivity contribution is -0.129. The summed E-state index contributed by atoms with van der Waals surface area (Å²) < 4.78 is 9.17. The number of carbonyl (C=O) groups is 2. The molecule has 0 aliphatic rings. The largest absolute Gasteiger partial charge is 0.467 e. The van der Waals surface area contributed by atoms with Gasteiger partial charge in [0.25, 0.3) is 12.9 Å². The van der Waals surface area contributed by atoms with Crippen molar-refractivity contribution in [1.82, 2.24) is 4.90 Å². The van der Waals surface area contributed by atoms with Crippen LogP contribution in [0.25, 0.3) is 0 Å². The molecule has 0 unspecified atom stereocenters. The molecule has 82 valence electrons. The highest BCUT2D eigenvalue weighted by molar-refractivity contribution is 5.37. The van der Waals surface area contributed by atoms with Crippen molar-refractivity contribution in [3.8, 4) is 0 Å². The topological polar surface area (TPSA) is 55.8 Å². The van der Waals surface area contributed by atoms with Crippen LogP contribution < -0.4 is 0 Å². The predicted octanol–water partition coefficient (Wildman–Crippen LogP) is 0.0444. The van der Waals surface area contributed by atoms with Crippen LogP contribution in [0, 0.1) is 0 Å². The Balaban J connectivity index is 3.53. The first-order chi connectivity index (χ1) is 6.85. The SMILES string of the molecule is CCCN(CCOC=O)CCOC=O. The van der Waals surface area contributed by atoms with Crippen LogP contribution in [0.2, 0.25) is 0 Å². The first-order valence-corrected chi connectivity index (χ1v) is 4.68. The fraction of sp³-hybridized carbons (Fsp3) is 0.778. The lowest BCUT2D eigenvalue weighted by atomic mass is 10.4. The van der Waals surface area contributed by atoms with Gasteiger partial charge in [-0.15, -0.1) is 0 Å². The highest BCUT2D eigenvalue weighted by Crippen LogP contribution is 1.91. The molecular weight excluding hydrogens is 186 g/mol. The third-order valence-electron chi connectivity index (χ3n) is 1.73. The Morgan fingerprint density at radius 1 is 1.00 bits per heavy atom. The summed E-state index contributed by atoms with van der Waals surface area (Å²) in [7, 11) is 0. The molecule has 0 heterocycles. The van der Waals surface area contributed by atoms with Crippen LogP contribution in [0.15, 0.2) is 0 Å². The van der Waals surface area contributed by atoms with Crippen LogP contribution in [-0.4, -0.2) is 50.7 Å². The minimum atomic E-state index is 0.380. The van der Waals surface area contributed by atoms with Gasteiger partial charge in [0, 0.05) is 13.1 Å². The molecule has 0 aromatic rings. The first kappa shape index (κ1) is 12.9. The monoisotopic (exact) mass is 203 g/mol. The Morgan fingerprint density at radius 2 is 1.50 bits per heavy atom. The summed E-state index contributed by atoms with van der Waals surface area (Å²) in [5.41, 5.74) is 0. The summed E-state index contributed by atoms with van der Waals surface area (Å²) >= 11 is 0. The van der Waals surface area contributed by atoms with Crippen LogP contribution in [-0.2, 0) is 19.1 Å². The molecule has 0 fully saturated rings. The van der Waals surface area contributed by atoms with Gasteiger partial charge in [0.15, 0.2) is 0 Å². The second-order valence-electron chi connectivity index (χ2n) is 2.78. The average molecular weight is 203 g/mol. The minimum absolute atomic E-state index is 0.380. The van der Waals surface area contributed by atoms with Crippen molar-refractivity contribution in [2.45, 2.75) is 13.3 Å². The highest BCUT2D eigenvalue weighted by Gasteiger charge is 2.03. The maximum atomic E-state index is 9.89. The van der Waals surface area contributed by atoms with E-state index in [4.69, 9.17) is 0 Å². The molecule has 0 spiro atoms. The highest BCUT2D eigenvalue weighted by atomic mass is 16.5. The van der Waals surface area contributed by atoms with Crippen molar-refractivity contribution in [3.05, 3.63) is 0 Å². The van der Waals surface area contributed by atoms with Crippen molar-refractivity contribution in [1.29, 1.82) is 0 Å². The van der Waals surface area contributed by atoms with E-state index in [0.717, 1.165) is 13.0 Å². The summed E-state index contributed by atoms with van der Waals surface area (Å²) in [4.78, 5) is 21.9. The molecule has 0 aromatic heterocycles. The fourth-order valence-corrected chi connectivity index (χ4v) is 1.11. The number of hydrogen-bond acceptors (Lipinski definition) is 5. The van der Waals surface area contributed by atoms with Crippen molar-refractivity contribution in [2.24, 2.45) is 0 Å². The van der Waals surface area contributed by atoms with E-state index >= 15 is 0 Å². The van der Waals surface area contributed by atoms with Crippen LogP contribution in [0.4, 0.5) is 0 Å². The van der Waals surface area contributed by atoms with Crippen LogP contribution in [0.3, 0.4) is 0 Å². The predicted molar refractivity (Wildman–Crippen MR) is 50.8 cm³/mol. The molecule has 0 aliphatic heterocycles. The van der Waals surface area contributed by atoms with E-state index in [-0.39, 0.29) is 0 Å². The molecule has 5 nitrogen and oxygen atoms in total. The van der Waals surface area contributed by atoms with Gasteiger partial charge >= 0.3 is 0 Å². The lowest BCUT2D eigenvalue weighted by Crippen LogP contribution is -2.31. The molecule has 0 saturated carbocycles. The zero-order valence-electron chi connectivity index (χ0n) is 8.48. The van der Waals surface area contributed by atoms with Crippen LogP contribution in [0.1, 0.15) is 13.3 Å². The van der Waals surface area contributed by atoms with Crippen molar-refractivity contribution in [3.63, 3.8) is 0 Å². The van der Waals surface area contributed by atoms with Gasteiger partial charge in [0.1, 0.15) is 13.2 Å². The van der Waals surface area contributed by atoms with E-state index < -0.39 is 0 Å². The first-order valence-electron chi connectivity index (χ1n) is 4.68. The third kappa shape index (κ3) is 7.54. The van der Waals surface area contributed by atoms with Crippen molar-refractivity contribution >= 4 is 12.9 Å². The minimum Gasteiger partial charge on any atom is -0.467 e. The van der Waals surface area contributed by atoms with Crippen LogP contribution >= 0.6 is 0 Å². The van der Waals surface area contributed by atoms with Gasteiger partial charge in [-0.2, -0.15) is 0 Å². The van der Waals surface area contributed by atoms with E-state index in [1.54, 1.807) is 0 Å². The Kier molecular flexibility index (Phi) is 9.20. The number of nitrogens with zero attached hydrogens (tertiary/aromatic N) is 1. The molecule has 0 atom stereocenters. The Bertz CT molecular complexity index is 138. The van der Waals surface area contributed by atoms with Crippen LogP contribution in [0.5, 0.6) is 0 Å². The maximum absolute atomic E-state index is 9.89. The Labute approximate surface area is 84.0 Å². The molecule has 14 heavy (non-hydrogen) atoms. The number of rotatable bonds is 10. The van der Waals surface area contributed by atoms with Crippen molar-refractivity contribution < 1.29 is 19.1 Å². The van der Waals surface area contributed by atoms with Gasteiger partial charge in [-0.3, -0.25) is 14.5 Å². The zero-order valence-corrected chi connectivity index (χ0v) is 8.48. The van der Waals surface area contributed by atoms with Gasteiger partial charge in [0.2, 0.25) is 0 Å². The third-order valence-corrected chi connectivity index (χ3v) is 1.73. The summed E-state index contributed by atoms with van der Waals surface area (Å²) in [5, 5.41) is 0. The van der Waals surface area contributed by atoms with E-state index in [0.29, 0.717) is 39.2 Å². The molecule has 0 saturated heterocycles. The zero-order chi connectivity index (χ0) is 10.6. The average Bonchev–Trinajstić information content (AvgIpc) is 2.18. The number of hydrogen-bond donors (Lipinski definition) is 0. The molecule has 0 rings (SSSR count). The van der Waals surface area contributed by atoms with Gasteiger partial charge in [0.05, 0.1) is 0 Å². The Hall–Kier alpha value is -1.10. The molecule has 0 amide bonds. The second-order valence-corrected chi connectivity index (χ2v) is 2.78. The molecule has 5 heteroatoms. The molecular formula is C9H17NO4. The molecule has 0 aromatic carbocycles. The maximum Gasteiger partial charge on any atom is 0.293 e. The van der Waals surface area contributed by atoms with Gasteiger partial charge in [-0.05, 0) is 13.0 Å². The molecule has 0 radical (unpaired) electrons. The number of ether oxygens (including phenoxy) is 2. The standard InChI is InChI=1S/C9H17NO4/c1-2-3-10(4-6-13-8-11)5-7-14-9-12/h8-9H,2-7H2,1H3. The molecule has 0 N–H and O–H groups in total. The Morgan fingerprint density at radius 3 is 1.86 bits per heavy atom. The van der Waals surface area contributed by atoms with Gasteiger partial charge < -0.3 is 9.47 Å². The summed E-state index contributed by atoms with van der Waals surface area (Å²) in [6, 6.07) is 0. The van der Waals surface area contributed by atoms with Gasteiger partial charge in [-0.1, -0.05) is 6.92 Å². The van der Waals surface area contributed by atoms with E-state index in [1.807, 2.05) is 0 Å². The molecule has 0 aliphatic carbocycles. The smallest absolute Gasteiger partial charge is 0.293 e. The van der Waals surface area contributed by atoms with E-state index in [1.165, 1.54) is 0 Å². The summed E-state index contributed by atoms with van der Waals surface area (Å²) in [6.07, 6.45) is 1.02. The summed E-state index contributed by atoms with van der Waals surface area (Å²) in [6.45, 7) is 5.95. The summed E-state index contributed by atoms with van der Waals surface area (Å²) in [5.74, 6) is 0. The lowest BCUT2D eigenvalue weighted by Gasteiger charge is -2.19. The molecule has 0 bridgehead atoms. The quantitative estimate of drug-likeness (QED) is 0.371. The van der Waals surface area contributed by atoms with Crippen molar-refractivity contribution in [2.75, 3.05) is 32.8 Å². The second kappa shape index (κ2) is 9.98. The van der Waals surface area contributed by atoms with Gasteiger partial charge in [-0.25, -0.2) is 0 Å². The van der Waals surface area contributed by atoms with E-state index in [2.05, 4.69) is 21.3 Å². The fourth-order valence-electron chi connectivity index (χ4n) is 1.11. The van der Waals surface area contributed by atoms with E-state index in [9.17, 15) is 9.59 Å². The normalized spacial score (nSPS) is 9.86.